The Morgan fingerprint density at radius 2 is 1.92 bits per heavy atom. The van der Waals surface area contributed by atoms with Gasteiger partial charge in [0.1, 0.15) is 0 Å². The van der Waals surface area contributed by atoms with E-state index in [4.69, 9.17) is 9.47 Å². The molecule has 0 fully saturated rings. The fourth-order valence-electron chi connectivity index (χ4n) is 2.22. The summed E-state index contributed by atoms with van der Waals surface area (Å²) in [5.41, 5.74) is 0.865. The Morgan fingerprint density at radius 1 is 1.17 bits per heavy atom. The van der Waals surface area contributed by atoms with Crippen LogP contribution in [0.1, 0.15) is 21.5 Å². The van der Waals surface area contributed by atoms with E-state index in [1.54, 1.807) is 18.2 Å². The Hall–Kier alpha value is -3.35. The molecule has 0 atom stereocenters. The van der Waals surface area contributed by atoms with Gasteiger partial charge in [0.15, 0.2) is 11.5 Å². The quantitative estimate of drug-likeness (QED) is 0.495. The van der Waals surface area contributed by atoms with Gasteiger partial charge in [-0.2, -0.15) is 0 Å². The van der Waals surface area contributed by atoms with Crippen molar-refractivity contribution in [3.05, 3.63) is 63.2 Å². The zero-order chi connectivity index (χ0) is 17.7. The average molecular weight is 329 g/mol. The lowest BCUT2D eigenvalue weighted by molar-refractivity contribution is -0.384. The number of carbonyl (C=O) groups is 1. The number of hydrogen-bond donors (Lipinski definition) is 1. The molecule has 0 spiro atoms. The molecule has 7 nitrogen and oxygen atoms in total. The fourth-order valence-corrected chi connectivity index (χ4v) is 2.22. The minimum absolute atomic E-state index is 0.0364. The first-order valence-corrected chi connectivity index (χ1v) is 6.88. The molecule has 0 saturated heterocycles. The molecule has 0 aliphatic rings. The molecule has 0 aliphatic carbocycles. The molecule has 0 heterocycles. The second-order valence-corrected chi connectivity index (χ2v) is 4.75. The zero-order valence-corrected chi connectivity index (χ0v) is 13.1. The van der Waals surface area contributed by atoms with Crippen LogP contribution in [0, 0.1) is 10.1 Å². The molecule has 0 unspecified atom stereocenters. The highest BCUT2D eigenvalue weighted by Gasteiger charge is 2.17. The number of non-ortho nitro benzene ring substituents is 1. The first-order valence-electron chi connectivity index (χ1n) is 6.88. The normalized spacial score (nSPS) is 10.6. The molecule has 0 amide bonds. The first kappa shape index (κ1) is 17.0. The van der Waals surface area contributed by atoms with Crippen LogP contribution in [-0.4, -0.2) is 30.2 Å². The molecule has 124 valence electrons. The van der Waals surface area contributed by atoms with Crippen LogP contribution in [0.15, 0.2) is 36.4 Å². The minimum atomic E-state index is -1.12. The van der Waals surface area contributed by atoms with Gasteiger partial charge < -0.3 is 14.6 Å². The minimum Gasteiger partial charge on any atom is -0.493 e. The third-order valence-electron chi connectivity index (χ3n) is 3.34. The van der Waals surface area contributed by atoms with Gasteiger partial charge in [-0.15, -0.1) is 0 Å². The van der Waals surface area contributed by atoms with Crippen molar-refractivity contribution < 1.29 is 24.3 Å². The number of benzene rings is 2. The summed E-state index contributed by atoms with van der Waals surface area (Å²) in [4.78, 5) is 21.8. The van der Waals surface area contributed by atoms with E-state index in [1.807, 2.05) is 0 Å². The largest absolute Gasteiger partial charge is 0.493 e. The standard InChI is InChI=1S/C17H15NO6/c1-23-15-9-8-14(17(19)20)13(16(15)24-2)7-6-11-4-3-5-12(10-11)18(21)22/h3-10H,1-2H3,(H,19,20). The Bertz CT molecular complexity index is 813. The van der Waals surface area contributed by atoms with Crippen molar-refractivity contribution >= 4 is 23.8 Å². The van der Waals surface area contributed by atoms with Crippen LogP contribution in [0.3, 0.4) is 0 Å². The number of aromatic carboxylic acids is 1. The summed E-state index contributed by atoms with van der Waals surface area (Å²) in [5.74, 6) is -0.449. The predicted molar refractivity (Wildman–Crippen MR) is 88.5 cm³/mol. The zero-order valence-electron chi connectivity index (χ0n) is 13.1. The van der Waals surface area contributed by atoms with E-state index in [0.29, 0.717) is 16.9 Å². The van der Waals surface area contributed by atoms with Gasteiger partial charge in [0.25, 0.3) is 5.69 Å². The summed E-state index contributed by atoms with van der Waals surface area (Å²) in [7, 11) is 2.86. The molecule has 0 radical (unpaired) electrons. The first-order chi connectivity index (χ1) is 11.5. The third-order valence-corrected chi connectivity index (χ3v) is 3.34. The van der Waals surface area contributed by atoms with Gasteiger partial charge in [0.05, 0.1) is 24.7 Å². The number of methoxy groups -OCH3 is 2. The van der Waals surface area contributed by atoms with E-state index in [0.717, 1.165) is 0 Å². The topological polar surface area (TPSA) is 98.9 Å². The maximum atomic E-state index is 11.4. The van der Waals surface area contributed by atoms with Crippen LogP contribution in [0.25, 0.3) is 12.2 Å². The number of carboxylic acid groups (broad SMARTS) is 1. The number of nitro groups is 1. The van der Waals surface area contributed by atoms with Gasteiger partial charge in [-0.25, -0.2) is 4.79 Å². The average Bonchev–Trinajstić information content (AvgIpc) is 2.58. The lowest BCUT2D eigenvalue weighted by atomic mass is 10.0. The van der Waals surface area contributed by atoms with Crippen molar-refractivity contribution in [1.82, 2.24) is 0 Å². The highest BCUT2D eigenvalue weighted by atomic mass is 16.6. The summed E-state index contributed by atoms with van der Waals surface area (Å²) >= 11 is 0. The molecular weight excluding hydrogens is 314 g/mol. The molecule has 2 rings (SSSR count). The van der Waals surface area contributed by atoms with Crippen molar-refractivity contribution in [3.63, 3.8) is 0 Å². The van der Waals surface area contributed by atoms with Gasteiger partial charge >= 0.3 is 5.97 Å². The SMILES string of the molecule is COc1ccc(C(=O)O)c(C=Cc2cccc([N+](=O)[O-])c2)c1OC. The van der Waals surface area contributed by atoms with Gasteiger partial charge in [-0.3, -0.25) is 10.1 Å². The van der Waals surface area contributed by atoms with E-state index in [1.165, 1.54) is 44.6 Å². The van der Waals surface area contributed by atoms with Crippen LogP contribution in [-0.2, 0) is 0 Å². The van der Waals surface area contributed by atoms with E-state index in [2.05, 4.69) is 0 Å². The lowest BCUT2D eigenvalue weighted by Crippen LogP contribution is -2.03. The monoisotopic (exact) mass is 329 g/mol. The van der Waals surface area contributed by atoms with E-state index in [9.17, 15) is 20.0 Å². The van der Waals surface area contributed by atoms with Crippen LogP contribution >= 0.6 is 0 Å². The summed E-state index contributed by atoms with van der Waals surface area (Å²) < 4.78 is 10.4. The molecule has 0 bridgehead atoms. The van der Waals surface area contributed by atoms with Gasteiger partial charge in [-0.1, -0.05) is 18.2 Å². The van der Waals surface area contributed by atoms with Crippen molar-refractivity contribution in [2.45, 2.75) is 0 Å². The van der Waals surface area contributed by atoms with Crippen LogP contribution in [0.2, 0.25) is 0 Å². The molecule has 2 aromatic carbocycles. The number of hydrogen-bond acceptors (Lipinski definition) is 5. The molecule has 1 N–H and O–H groups in total. The summed E-state index contributed by atoms with van der Waals surface area (Å²) in [5, 5.41) is 20.2. The Balaban J connectivity index is 2.53. The van der Waals surface area contributed by atoms with Crippen molar-refractivity contribution in [2.24, 2.45) is 0 Å². The number of ether oxygens (including phenoxy) is 2. The van der Waals surface area contributed by atoms with Gasteiger partial charge in [0.2, 0.25) is 0 Å². The molecule has 2 aromatic rings. The molecular formula is C17H15NO6. The molecule has 0 aromatic heterocycles. The highest BCUT2D eigenvalue weighted by molar-refractivity contribution is 5.95. The Morgan fingerprint density at radius 3 is 2.50 bits per heavy atom. The summed E-state index contributed by atoms with van der Waals surface area (Å²) in [6.07, 6.45) is 3.11. The van der Waals surface area contributed by atoms with E-state index in [-0.39, 0.29) is 17.0 Å². The number of nitrogens with zero attached hydrogens (tertiary/aromatic N) is 1. The van der Waals surface area contributed by atoms with Crippen molar-refractivity contribution in [2.75, 3.05) is 14.2 Å². The summed E-state index contributed by atoms with van der Waals surface area (Å²) in [6.45, 7) is 0. The van der Waals surface area contributed by atoms with Gasteiger partial charge in [0, 0.05) is 17.7 Å². The molecule has 0 aliphatic heterocycles. The fraction of sp³-hybridized carbons (Fsp3) is 0.118. The van der Waals surface area contributed by atoms with Crippen molar-refractivity contribution in [1.29, 1.82) is 0 Å². The molecule has 0 saturated carbocycles. The number of rotatable bonds is 6. The van der Waals surface area contributed by atoms with Crippen LogP contribution in [0.5, 0.6) is 11.5 Å². The second kappa shape index (κ2) is 7.28. The van der Waals surface area contributed by atoms with Crippen molar-refractivity contribution in [3.8, 4) is 11.5 Å². The van der Waals surface area contributed by atoms with E-state index < -0.39 is 10.9 Å². The smallest absolute Gasteiger partial charge is 0.336 e. The Labute approximate surface area is 137 Å². The van der Waals surface area contributed by atoms with Crippen LogP contribution in [0.4, 0.5) is 5.69 Å². The Kier molecular flexibility index (Phi) is 5.16. The highest BCUT2D eigenvalue weighted by Crippen LogP contribution is 2.35. The number of nitro benzene ring substituents is 1. The van der Waals surface area contributed by atoms with Gasteiger partial charge in [-0.05, 0) is 23.8 Å². The lowest BCUT2D eigenvalue weighted by Gasteiger charge is -2.12. The van der Waals surface area contributed by atoms with E-state index >= 15 is 0 Å². The maximum absolute atomic E-state index is 11.4. The number of carboxylic acids is 1. The van der Waals surface area contributed by atoms with Crippen LogP contribution < -0.4 is 9.47 Å². The maximum Gasteiger partial charge on any atom is 0.336 e. The summed E-state index contributed by atoms with van der Waals surface area (Å²) in [6, 6.07) is 8.93. The molecule has 24 heavy (non-hydrogen) atoms. The molecule has 7 heteroatoms. The second-order valence-electron chi connectivity index (χ2n) is 4.75. The third kappa shape index (κ3) is 3.52. The predicted octanol–water partition coefficient (Wildman–Crippen LogP) is 3.48.